The molecule has 0 aliphatic heterocycles. The monoisotopic (exact) mass is 486 g/mol. The fourth-order valence-corrected chi connectivity index (χ4v) is 4.35. The molecule has 0 bridgehead atoms. The summed E-state index contributed by atoms with van der Waals surface area (Å²) in [6.07, 6.45) is -1.18. The minimum atomic E-state index is -4.54. The number of benzene rings is 3. The zero-order valence-corrected chi connectivity index (χ0v) is 19.3. The quantitative estimate of drug-likeness (QED) is 0.213. The van der Waals surface area contributed by atoms with E-state index < -0.39 is 17.3 Å². The summed E-state index contributed by atoms with van der Waals surface area (Å²) in [4.78, 5) is 18.0. The molecule has 0 saturated heterocycles. The van der Waals surface area contributed by atoms with Crippen LogP contribution in [0, 0.1) is 6.92 Å². The van der Waals surface area contributed by atoms with Gasteiger partial charge in [-0.05, 0) is 37.3 Å². The molecule has 0 fully saturated rings. The van der Waals surface area contributed by atoms with Gasteiger partial charge in [0.15, 0.2) is 5.82 Å². The van der Waals surface area contributed by atoms with Gasteiger partial charge < -0.3 is 4.57 Å². The Morgan fingerprint density at radius 1 is 1.00 bits per heavy atom. The van der Waals surface area contributed by atoms with Crippen molar-refractivity contribution in [2.24, 2.45) is 5.10 Å². The first-order valence-corrected chi connectivity index (χ1v) is 11.2. The van der Waals surface area contributed by atoms with E-state index >= 15 is 0 Å². The molecule has 2 heterocycles. The summed E-state index contributed by atoms with van der Waals surface area (Å²) in [6, 6.07) is 19.2. The molecule has 180 valence electrons. The first-order chi connectivity index (χ1) is 17.3. The summed E-state index contributed by atoms with van der Waals surface area (Å²) in [5, 5.41) is 5.72. The standard InChI is InChI=1S/C28H21F3N4O/c1-3-15-34-18(2)23(21-11-5-7-14-25(21)34)17-32-35-26(19-9-8-10-20(16-19)28(29,30)31)33-24-13-6-4-12-22(24)27(35)36/h3-14,16-17H,1,15H2,2H3. The summed E-state index contributed by atoms with van der Waals surface area (Å²) in [5.74, 6) is 0.0218. The lowest BCUT2D eigenvalue weighted by Crippen LogP contribution is -2.20. The summed E-state index contributed by atoms with van der Waals surface area (Å²) in [6.45, 7) is 6.36. The van der Waals surface area contributed by atoms with E-state index in [-0.39, 0.29) is 11.4 Å². The molecular weight excluding hydrogens is 465 g/mol. The van der Waals surface area contributed by atoms with Crippen LogP contribution in [0.15, 0.2) is 95.3 Å². The summed E-state index contributed by atoms with van der Waals surface area (Å²) < 4.78 is 43.4. The molecule has 0 amide bonds. The predicted molar refractivity (Wildman–Crippen MR) is 136 cm³/mol. The van der Waals surface area contributed by atoms with Crippen molar-refractivity contribution in [1.29, 1.82) is 0 Å². The van der Waals surface area contributed by atoms with Crippen molar-refractivity contribution in [3.8, 4) is 11.4 Å². The van der Waals surface area contributed by atoms with Gasteiger partial charge in [-0.15, -0.1) is 6.58 Å². The van der Waals surface area contributed by atoms with E-state index in [1.807, 2.05) is 31.2 Å². The Labute approximate surface area is 204 Å². The second-order valence-electron chi connectivity index (χ2n) is 8.31. The van der Waals surface area contributed by atoms with Gasteiger partial charge in [-0.25, -0.2) is 4.98 Å². The molecule has 0 spiro atoms. The van der Waals surface area contributed by atoms with Gasteiger partial charge in [0.1, 0.15) is 0 Å². The van der Waals surface area contributed by atoms with Crippen molar-refractivity contribution in [2.75, 3.05) is 0 Å². The van der Waals surface area contributed by atoms with Crippen molar-refractivity contribution in [2.45, 2.75) is 19.6 Å². The number of aromatic nitrogens is 3. The minimum absolute atomic E-state index is 0.0218. The number of allylic oxidation sites excluding steroid dienone is 1. The lowest BCUT2D eigenvalue weighted by Gasteiger charge is -2.12. The molecular formula is C28H21F3N4O. The van der Waals surface area contributed by atoms with Gasteiger partial charge in [0.25, 0.3) is 5.56 Å². The normalized spacial score (nSPS) is 12.1. The Bertz CT molecular complexity index is 1710. The molecule has 0 unspecified atom stereocenters. The van der Waals surface area contributed by atoms with E-state index in [2.05, 4.69) is 21.2 Å². The van der Waals surface area contributed by atoms with Crippen LogP contribution >= 0.6 is 0 Å². The number of hydrogen-bond acceptors (Lipinski definition) is 3. The molecule has 5 nitrogen and oxygen atoms in total. The third kappa shape index (κ3) is 4.00. The van der Waals surface area contributed by atoms with Gasteiger partial charge in [0, 0.05) is 34.3 Å². The minimum Gasteiger partial charge on any atom is -0.340 e. The Kier molecular flexibility index (Phi) is 5.80. The van der Waals surface area contributed by atoms with Crippen LogP contribution in [0.4, 0.5) is 13.2 Å². The maximum Gasteiger partial charge on any atom is 0.416 e. The highest BCUT2D eigenvalue weighted by molar-refractivity contribution is 6.01. The molecule has 5 rings (SSSR count). The lowest BCUT2D eigenvalue weighted by atomic mass is 10.1. The van der Waals surface area contributed by atoms with Crippen molar-refractivity contribution < 1.29 is 13.2 Å². The Morgan fingerprint density at radius 2 is 1.72 bits per heavy atom. The number of fused-ring (bicyclic) bond motifs is 2. The fourth-order valence-electron chi connectivity index (χ4n) is 4.35. The van der Waals surface area contributed by atoms with E-state index in [1.165, 1.54) is 12.1 Å². The molecule has 5 aromatic rings. The van der Waals surface area contributed by atoms with Crippen LogP contribution in [0.25, 0.3) is 33.2 Å². The van der Waals surface area contributed by atoms with Gasteiger partial charge in [0.2, 0.25) is 0 Å². The third-order valence-electron chi connectivity index (χ3n) is 6.10. The average Bonchev–Trinajstić information content (AvgIpc) is 3.14. The largest absolute Gasteiger partial charge is 0.416 e. The lowest BCUT2D eigenvalue weighted by molar-refractivity contribution is -0.137. The summed E-state index contributed by atoms with van der Waals surface area (Å²) in [5.41, 5.74) is 1.90. The van der Waals surface area contributed by atoms with Gasteiger partial charge in [-0.3, -0.25) is 4.79 Å². The molecule has 3 aromatic carbocycles. The van der Waals surface area contributed by atoms with E-state index in [9.17, 15) is 18.0 Å². The highest BCUT2D eigenvalue weighted by Gasteiger charge is 2.31. The van der Waals surface area contributed by atoms with E-state index in [1.54, 1.807) is 36.6 Å². The molecule has 0 N–H and O–H groups in total. The Hall–Kier alpha value is -4.46. The second kappa shape index (κ2) is 8.96. The molecule has 0 radical (unpaired) electrons. The van der Waals surface area contributed by atoms with Crippen LogP contribution < -0.4 is 5.56 Å². The zero-order chi connectivity index (χ0) is 25.4. The van der Waals surface area contributed by atoms with E-state index in [0.29, 0.717) is 17.4 Å². The highest BCUT2D eigenvalue weighted by atomic mass is 19.4. The average molecular weight is 486 g/mol. The number of hydrogen-bond donors (Lipinski definition) is 0. The van der Waals surface area contributed by atoms with Crippen molar-refractivity contribution in [1.82, 2.24) is 14.2 Å². The maximum absolute atomic E-state index is 13.5. The molecule has 0 aliphatic carbocycles. The van der Waals surface area contributed by atoms with Crippen molar-refractivity contribution >= 4 is 28.0 Å². The fraction of sp³-hybridized carbons (Fsp3) is 0.107. The van der Waals surface area contributed by atoms with Gasteiger partial charge >= 0.3 is 6.18 Å². The van der Waals surface area contributed by atoms with Crippen molar-refractivity contribution in [3.05, 3.63) is 113 Å². The second-order valence-corrected chi connectivity index (χ2v) is 8.31. The molecule has 2 aromatic heterocycles. The number of para-hydroxylation sites is 2. The maximum atomic E-state index is 13.5. The van der Waals surface area contributed by atoms with Crippen LogP contribution in [0.3, 0.4) is 0 Å². The summed E-state index contributed by atoms with van der Waals surface area (Å²) in [7, 11) is 0. The number of rotatable bonds is 5. The number of nitrogens with zero attached hydrogens (tertiary/aromatic N) is 4. The topological polar surface area (TPSA) is 52.2 Å². The van der Waals surface area contributed by atoms with Crippen LogP contribution in [0.5, 0.6) is 0 Å². The molecule has 36 heavy (non-hydrogen) atoms. The Balaban J connectivity index is 1.75. The van der Waals surface area contributed by atoms with Crippen LogP contribution in [0.1, 0.15) is 16.8 Å². The molecule has 0 aliphatic rings. The van der Waals surface area contributed by atoms with Gasteiger partial charge in [-0.2, -0.15) is 22.9 Å². The number of halogens is 3. The summed E-state index contributed by atoms with van der Waals surface area (Å²) >= 11 is 0. The van der Waals surface area contributed by atoms with Crippen LogP contribution in [0.2, 0.25) is 0 Å². The highest BCUT2D eigenvalue weighted by Crippen LogP contribution is 2.32. The predicted octanol–water partition coefficient (Wildman–Crippen LogP) is 6.41. The molecule has 0 atom stereocenters. The van der Waals surface area contributed by atoms with Crippen molar-refractivity contribution in [3.63, 3.8) is 0 Å². The number of alkyl halides is 3. The SMILES string of the molecule is C=CCn1c(C)c(C=Nn2c(-c3cccc(C(F)(F)F)c3)nc3ccccc3c2=O)c2ccccc21. The molecule has 0 saturated carbocycles. The van der Waals surface area contributed by atoms with Crippen LogP contribution in [-0.2, 0) is 12.7 Å². The first kappa shape index (κ1) is 23.3. The zero-order valence-electron chi connectivity index (χ0n) is 19.3. The smallest absolute Gasteiger partial charge is 0.340 e. The van der Waals surface area contributed by atoms with E-state index in [0.717, 1.165) is 39.0 Å². The van der Waals surface area contributed by atoms with Gasteiger partial charge in [0.05, 0.1) is 22.7 Å². The third-order valence-corrected chi connectivity index (χ3v) is 6.10. The molecule has 8 heteroatoms. The van der Waals surface area contributed by atoms with Gasteiger partial charge in [-0.1, -0.05) is 48.5 Å². The van der Waals surface area contributed by atoms with Crippen LogP contribution in [-0.4, -0.2) is 20.4 Å². The Morgan fingerprint density at radius 3 is 2.47 bits per heavy atom. The first-order valence-electron chi connectivity index (χ1n) is 11.2. The van der Waals surface area contributed by atoms with E-state index in [4.69, 9.17) is 0 Å².